The second kappa shape index (κ2) is 7.53. The molecule has 0 amide bonds. The fraction of sp³-hybridized carbons (Fsp3) is 0.455. The van der Waals surface area contributed by atoms with Crippen molar-refractivity contribution in [2.24, 2.45) is 5.92 Å². The van der Waals surface area contributed by atoms with E-state index in [9.17, 15) is 8.42 Å². The Morgan fingerprint density at radius 3 is 2.38 bits per heavy atom. The van der Waals surface area contributed by atoms with Gasteiger partial charge in [0.25, 0.3) is 0 Å². The third-order valence-corrected chi connectivity index (χ3v) is 7.47. The molecule has 0 unspecified atom stereocenters. The minimum Gasteiger partial charge on any atom is -0.300 e. The van der Waals surface area contributed by atoms with Crippen LogP contribution in [0.3, 0.4) is 0 Å². The van der Waals surface area contributed by atoms with Crippen LogP contribution in [0.5, 0.6) is 0 Å². The monoisotopic (exact) mass is 371 g/mol. The summed E-state index contributed by atoms with van der Waals surface area (Å²) in [7, 11) is -3.35. The lowest BCUT2D eigenvalue weighted by atomic mass is 9.86. The summed E-state index contributed by atoms with van der Waals surface area (Å²) < 4.78 is 26.5. The summed E-state index contributed by atoms with van der Waals surface area (Å²) >= 11 is 0. The van der Waals surface area contributed by atoms with Crippen molar-refractivity contribution in [3.05, 3.63) is 65.7 Å². The van der Waals surface area contributed by atoms with E-state index >= 15 is 0 Å². The van der Waals surface area contributed by atoms with Crippen LogP contribution in [0.15, 0.2) is 59.5 Å². The summed E-state index contributed by atoms with van der Waals surface area (Å²) in [6, 6.07) is 17.5. The lowest BCUT2D eigenvalue weighted by molar-refractivity contribution is 0.282. The molecular weight excluding hydrogens is 342 g/mol. The molecule has 1 heterocycles. The van der Waals surface area contributed by atoms with Gasteiger partial charge in [0.15, 0.2) is 9.84 Å². The molecule has 2 aromatic carbocycles. The van der Waals surface area contributed by atoms with Gasteiger partial charge in [-0.15, -0.1) is 0 Å². The Kier molecular flexibility index (Phi) is 5.54. The molecule has 0 aromatic heterocycles. The lowest BCUT2D eigenvalue weighted by Crippen LogP contribution is -2.50. The molecule has 3 nitrogen and oxygen atoms in total. The molecule has 0 saturated heterocycles. The van der Waals surface area contributed by atoms with E-state index in [1.54, 1.807) is 6.07 Å². The van der Waals surface area contributed by atoms with Gasteiger partial charge >= 0.3 is 0 Å². The molecule has 0 fully saturated rings. The van der Waals surface area contributed by atoms with Crippen molar-refractivity contribution in [2.75, 3.05) is 5.75 Å². The molecule has 0 bridgehead atoms. The van der Waals surface area contributed by atoms with Crippen LogP contribution in [0, 0.1) is 5.92 Å². The Balaban J connectivity index is 2.14. The quantitative estimate of drug-likeness (QED) is 0.826. The minimum absolute atomic E-state index is 0.114. The van der Waals surface area contributed by atoms with Crippen LogP contribution in [0.25, 0.3) is 0 Å². The Hall–Kier alpha value is -1.65. The van der Waals surface area contributed by atoms with Crippen molar-refractivity contribution >= 4 is 9.84 Å². The average Bonchev–Trinajstić information content (AvgIpc) is 2.74. The summed E-state index contributed by atoms with van der Waals surface area (Å²) in [5, 5.41) is 3.78. The lowest BCUT2D eigenvalue weighted by Gasteiger charge is -2.36. The third-order valence-electron chi connectivity index (χ3n) is 5.49. The summed E-state index contributed by atoms with van der Waals surface area (Å²) in [6.07, 6.45) is 2.65. The number of hydrogen-bond acceptors (Lipinski definition) is 3. The Labute approximate surface area is 157 Å². The van der Waals surface area contributed by atoms with Crippen molar-refractivity contribution in [1.82, 2.24) is 5.32 Å². The number of hydrogen-bond donors (Lipinski definition) is 1. The van der Waals surface area contributed by atoms with E-state index in [0.717, 1.165) is 30.4 Å². The zero-order valence-electron chi connectivity index (χ0n) is 15.9. The van der Waals surface area contributed by atoms with Gasteiger partial charge in [-0.3, -0.25) is 5.32 Å². The molecular formula is C22H29NO2S. The molecule has 26 heavy (non-hydrogen) atoms. The SMILES string of the molecule is CC[C@@]1(CCC(C)C)CS(=O)(=O)c2ccccc2[C@@H](c2ccccc2)N1. The fourth-order valence-electron chi connectivity index (χ4n) is 3.87. The molecule has 0 aliphatic carbocycles. The van der Waals surface area contributed by atoms with E-state index in [0.29, 0.717) is 10.8 Å². The molecule has 140 valence electrons. The first kappa shape index (κ1) is 19.1. The highest BCUT2D eigenvalue weighted by atomic mass is 32.2. The van der Waals surface area contributed by atoms with Crippen molar-refractivity contribution in [3.63, 3.8) is 0 Å². The van der Waals surface area contributed by atoms with E-state index in [-0.39, 0.29) is 11.8 Å². The molecule has 1 aliphatic rings. The van der Waals surface area contributed by atoms with Gasteiger partial charge in [0, 0.05) is 5.54 Å². The van der Waals surface area contributed by atoms with Crippen LogP contribution in [-0.4, -0.2) is 19.7 Å². The molecule has 0 radical (unpaired) electrons. The van der Waals surface area contributed by atoms with E-state index < -0.39 is 15.4 Å². The molecule has 0 saturated carbocycles. The maximum Gasteiger partial charge on any atom is 0.180 e. The first-order valence-electron chi connectivity index (χ1n) is 9.51. The van der Waals surface area contributed by atoms with Crippen LogP contribution >= 0.6 is 0 Å². The van der Waals surface area contributed by atoms with Crippen molar-refractivity contribution < 1.29 is 8.42 Å². The number of benzene rings is 2. The average molecular weight is 372 g/mol. The highest BCUT2D eigenvalue weighted by Crippen LogP contribution is 2.38. The molecule has 2 atom stereocenters. The normalized spacial score (nSPS) is 24.8. The van der Waals surface area contributed by atoms with Crippen LogP contribution in [0.4, 0.5) is 0 Å². The summed E-state index contributed by atoms with van der Waals surface area (Å²) in [4.78, 5) is 0.473. The predicted molar refractivity (Wildman–Crippen MR) is 107 cm³/mol. The van der Waals surface area contributed by atoms with Gasteiger partial charge in [0.1, 0.15) is 0 Å². The van der Waals surface area contributed by atoms with E-state index in [1.165, 1.54) is 0 Å². The van der Waals surface area contributed by atoms with Gasteiger partial charge in [-0.05, 0) is 42.4 Å². The number of rotatable bonds is 5. The number of nitrogens with one attached hydrogen (secondary N) is 1. The Morgan fingerprint density at radius 2 is 1.73 bits per heavy atom. The van der Waals surface area contributed by atoms with Crippen molar-refractivity contribution in [2.45, 2.75) is 56.5 Å². The van der Waals surface area contributed by atoms with E-state index in [2.05, 4.69) is 38.2 Å². The smallest absolute Gasteiger partial charge is 0.180 e. The van der Waals surface area contributed by atoms with Gasteiger partial charge in [0.2, 0.25) is 0 Å². The van der Waals surface area contributed by atoms with Gasteiger partial charge < -0.3 is 0 Å². The minimum atomic E-state index is -3.35. The topological polar surface area (TPSA) is 46.2 Å². The third kappa shape index (κ3) is 3.86. The zero-order chi connectivity index (χ0) is 18.8. The van der Waals surface area contributed by atoms with E-state index in [1.807, 2.05) is 36.4 Å². The van der Waals surface area contributed by atoms with Gasteiger partial charge in [-0.1, -0.05) is 69.3 Å². The van der Waals surface area contributed by atoms with Crippen LogP contribution in [-0.2, 0) is 9.84 Å². The van der Waals surface area contributed by atoms with Crippen LogP contribution in [0.2, 0.25) is 0 Å². The standard InChI is InChI=1S/C22H29NO2S/c1-4-22(15-14-17(2)3)16-26(24,25)20-13-9-8-12-19(20)21(23-22)18-10-6-5-7-11-18/h5-13,17,21,23H,4,14-16H2,1-3H3/t21-,22-/m1/s1. The Morgan fingerprint density at radius 1 is 1.08 bits per heavy atom. The van der Waals surface area contributed by atoms with Crippen molar-refractivity contribution in [1.29, 1.82) is 0 Å². The number of fused-ring (bicyclic) bond motifs is 1. The second-order valence-corrected chi connectivity index (χ2v) is 9.81. The fourth-order valence-corrected chi connectivity index (χ4v) is 6.01. The largest absolute Gasteiger partial charge is 0.300 e. The van der Waals surface area contributed by atoms with Gasteiger partial charge in [-0.2, -0.15) is 0 Å². The summed E-state index contributed by atoms with van der Waals surface area (Å²) in [6.45, 7) is 6.48. The Bertz CT molecular complexity index is 845. The first-order valence-corrected chi connectivity index (χ1v) is 11.2. The first-order chi connectivity index (χ1) is 12.4. The molecule has 4 heteroatoms. The molecule has 0 spiro atoms. The molecule has 1 N–H and O–H groups in total. The van der Waals surface area contributed by atoms with Gasteiger partial charge in [-0.25, -0.2) is 8.42 Å². The highest BCUT2D eigenvalue weighted by Gasteiger charge is 2.41. The van der Waals surface area contributed by atoms with Crippen LogP contribution < -0.4 is 5.32 Å². The van der Waals surface area contributed by atoms with E-state index in [4.69, 9.17) is 0 Å². The highest BCUT2D eigenvalue weighted by molar-refractivity contribution is 7.91. The maximum absolute atomic E-state index is 13.2. The second-order valence-electron chi connectivity index (χ2n) is 7.85. The number of sulfone groups is 1. The molecule has 3 rings (SSSR count). The maximum atomic E-state index is 13.2. The molecule has 1 aliphatic heterocycles. The summed E-state index contributed by atoms with van der Waals surface area (Å²) in [5.74, 6) is 0.701. The van der Waals surface area contributed by atoms with Gasteiger partial charge in [0.05, 0.1) is 16.7 Å². The van der Waals surface area contributed by atoms with Crippen molar-refractivity contribution in [3.8, 4) is 0 Å². The molecule has 2 aromatic rings. The zero-order valence-corrected chi connectivity index (χ0v) is 16.7. The summed E-state index contributed by atoms with van der Waals surface area (Å²) in [5.41, 5.74) is 1.56. The predicted octanol–water partition coefficient (Wildman–Crippen LogP) is 4.74. The van der Waals surface area contributed by atoms with Crippen LogP contribution in [0.1, 0.15) is 57.2 Å².